The van der Waals surface area contributed by atoms with Crippen molar-refractivity contribution in [2.75, 3.05) is 5.32 Å². The van der Waals surface area contributed by atoms with E-state index in [0.29, 0.717) is 17.1 Å². The maximum Gasteiger partial charge on any atom is 0.230 e. The second-order valence-corrected chi connectivity index (χ2v) is 4.95. The Balaban J connectivity index is 2.11. The number of hydrogen-bond acceptors (Lipinski definition) is 4. The van der Waals surface area contributed by atoms with Crippen LogP contribution in [-0.2, 0) is 4.79 Å². The standard InChI is InChI=1S/C13H9BrN4O/c14-8-1-2-9-10(5-8)18-13(19)6-11(17-9)12-7-15-3-4-16-12/h1-5,7H,6H2,(H,18,19). The van der Waals surface area contributed by atoms with Crippen molar-refractivity contribution in [1.29, 1.82) is 0 Å². The summed E-state index contributed by atoms with van der Waals surface area (Å²) in [6.45, 7) is 0. The first-order valence-corrected chi connectivity index (χ1v) is 6.45. The van der Waals surface area contributed by atoms with Crippen molar-refractivity contribution in [3.8, 4) is 0 Å². The Morgan fingerprint density at radius 1 is 1.26 bits per heavy atom. The molecule has 2 heterocycles. The number of hydrogen-bond donors (Lipinski definition) is 1. The summed E-state index contributed by atoms with van der Waals surface area (Å²) in [6, 6.07) is 5.56. The maximum atomic E-state index is 11.9. The van der Waals surface area contributed by atoms with Gasteiger partial charge in [0.05, 0.1) is 29.7 Å². The predicted molar refractivity (Wildman–Crippen MR) is 75.6 cm³/mol. The van der Waals surface area contributed by atoms with Crippen LogP contribution >= 0.6 is 15.9 Å². The Morgan fingerprint density at radius 2 is 2.16 bits per heavy atom. The van der Waals surface area contributed by atoms with Gasteiger partial charge in [-0.25, -0.2) is 4.99 Å². The van der Waals surface area contributed by atoms with Gasteiger partial charge in [-0.05, 0) is 18.2 Å². The maximum absolute atomic E-state index is 11.9. The van der Waals surface area contributed by atoms with Crippen molar-refractivity contribution in [2.45, 2.75) is 6.42 Å². The van der Waals surface area contributed by atoms with Gasteiger partial charge in [0.2, 0.25) is 5.91 Å². The Labute approximate surface area is 117 Å². The number of rotatable bonds is 1. The van der Waals surface area contributed by atoms with Crippen LogP contribution in [0.4, 0.5) is 11.4 Å². The molecule has 1 aromatic carbocycles. The van der Waals surface area contributed by atoms with Crippen LogP contribution in [0.2, 0.25) is 0 Å². The number of nitrogens with zero attached hydrogens (tertiary/aromatic N) is 3. The molecule has 1 aliphatic rings. The van der Waals surface area contributed by atoms with Crippen LogP contribution in [0.25, 0.3) is 0 Å². The minimum absolute atomic E-state index is 0.110. The van der Waals surface area contributed by atoms with Gasteiger partial charge in [-0.3, -0.25) is 14.8 Å². The third-order valence-corrected chi connectivity index (χ3v) is 3.17. The van der Waals surface area contributed by atoms with E-state index >= 15 is 0 Å². The third kappa shape index (κ3) is 2.53. The number of halogens is 1. The zero-order valence-corrected chi connectivity index (χ0v) is 11.4. The monoisotopic (exact) mass is 316 g/mol. The number of aliphatic imine (C=N–C) groups is 1. The van der Waals surface area contributed by atoms with E-state index in [1.54, 1.807) is 18.6 Å². The topological polar surface area (TPSA) is 67.2 Å². The highest BCUT2D eigenvalue weighted by Crippen LogP contribution is 2.31. The van der Waals surface area contributed by atoms with Gasteiger partial charge in [0.1, 0.15) is 5.69 Å². The molecule has 0 saturated carbocycles. The SMILES string of the molecule is O=C1CC(c2cnccn2)=Nc2ccc(Br)cc2N1. The summed E-state index contributed by atoms with van der Waals surface area (Å²) >= 11 is 3.37. The third-order valence-electron chi connectivity index (χ3n) is 2.67. The summed E-state index contributed by atoms with van der Waals surface area (Å²) in [5.74, 6) is -0.110. The van der Waals surface area contributed by atoms with Crippen molar-refractivity contribution in [3.63, 3.8) is 0 Å². The first kappa shape index (κ1) is 12.0. The molecule has 19 heavy (non-hydrogen) atoms. The van der Waals surface area contributed by atoms with Gasteiger partial charge in [0.25, 0.3) is 0 Å². The number of carbonyl (C=O) groups excluding carboxylic acids is 1. The highest BCUT2D eigenvalue weighted by molar-refractivity contribution is 9.10. The molecule has 6 heteroatoms. The largest absolute Gasteiger partial charge is 0.324 e. The molecule has 1 amide bonds. The van der Waals surface area contributed by atoms with Crippen molar-refractivity contribution in [3.05, 3.63) is 47.0 Å². The van der Waals surface area contributed by atoms with Crippen molar-refractivity contribution < 1.29 is 4.79 Å². The van der Waals surface area contributed by atoms with Crippen LogP contribution in [0, 0.1) is 0 Å². The molecule has 0 atom stereocenters. The Morgan fingerprint density at radius 3 is 2.95 bits per heavy atom. The highest BCUT2D eigenvalue weighted by Gasteiger charge is 2.18. The van der Waals surface area contributed by atoms with Gasteiger partial charge in [0, 0.05) is 16.9 Å². The number of nitrogens with one attached hydrogen (secondary N) is 1. The van der Waals surface area contributed by atoms with E-state index in [4.69, 9.17) is 0 Å². The van der Waals surface area contributed by atoms with E-state index in [9.17, 15) is 4.79 Å². The second-order valence-electron chi connectivity index (χ2n) is 4.04. The van der Waals surface area contributed by atoms with Crippen LogP contribution in [0.1, 0.15) is 12.1 Å². The van der Waals surface area contributed by atoms with Gasteiger partial charge < -0.3 is 5.32 Å². The molecule has 3 rings (SSSR count). The molecule has 0 spiro atoms. The van der Waals surface area contributed by atoms with E-state index in [-0.39, 0.29) is 12.3 Å². The summed E-state index contributed by atoms with van der Waals surface area (Å²) in [6.07, 6.45) is 4.97. The molecule has 0 unspecified atom stereocenters. The number of fused-ring (bicyclic) bond motifs is 1. The molecule has 2 aromatic rings. The van der Waals surface area contributed by atoms with E-state index in [1.807, 2.05) is 18.2 Å². The first-order valence-electron chi connectivity index (χ1n) is 5.66. The Kier molecular flexibility index (Phi) is 3.08. The van der Waals surface area contributed by atoms with Crippen molar-refractivity contribution in [1.82, 2.24) is 9.97 Å². The quantitative estimate of drug-likeness (QED) is 0.879. The molecule has 0 fully saturated rings. The molecule has 0 bridgehead atoms. The molecule has 1 N–H and O–H groups in total. The van der Waals surface area contributed by atoms with Crippen LogP contribution in [0.15, 0.2) is 46.3 Å². The zero-order valence-electron chi connectivity index (χ0n) is 9.80. The zero-order chi connectivity index (χ0) is 13.2. The number of benzene rings is 1. The van der Waals surface area contributed by atoms with Gasteiger partial charge in [-0.1, -0.05) is 15.9 Å². The lowest BCUT2D eigenvalue weighted by atomic mass is 10.2. The highest BCUT2D eigenvalue weighted by atomic mass is 79.9. The summed E-state index contributed by atoms with van der Waals surface area (Å²) in [5, 5.41) is 2.83. The molecular weight excluding hydrogens is 308 g/mol. The number of aromatic nitrogens is 2. The van der Waals surface area contributed by atoms with Crippen molar-refractivity contribution in [2.24, 2.45) is 4.99 Å². The summed E-state index contributed by atoms with van der Waals surface area (Å²) in [5.41, 5.74) is 2.65. The fourth-order valence-electron chi connectivity index (χ4n) is 1.83. The Hall–Kier alpha value is -2.08. The molecule has 1 aliphatic heterocycles. The summed E-state index contributed by atoms with van der Waals surface area (Å²) in [4.78, 5) is 24.6. The van der Waals surface area contributed by atoms with Crippen LogP contribution in [0.5, 0.6) is 0 Å². The van der Waals surface area contributed by atoms with E-state index in [2.05, 4.69) is 36.2 Å². The summed E-state index contributed by atoms with van der Waals surface area (Å²) in [7, 11) is 0. The smallest absolute Gasteiger partial charge is 0.230 e. The van der Waals surface area contributed by atoms with Crippen LogP contribution in [-0.4, -0.2) is 21.6 Å². The van der Waals surface area contributed by atoms with Crippen molar-refractivity contribution >= 4 is 38.9 Å². The van der Waals surface area contributed by atoms with Gasteiger partial charge in [-0.2, -0.15) is 0 Å². The van der Waals surface area contributed by atoms with Gasteiger partial charge >= 0.3 is 0 Å². The van der Waals surface area contributed by atoms with E-state index < -0.39 is 0 Å². The summed E-state index contributed by atoms with van der Waals surface area (Å²) < 4.78 is 0.893. The average molecular weight is 317 g/mol. The number of amides is 1. The minimum atomic E-state index is -0.110. The van der Waals surface area contributed by atoms with Crippen LogP contribution < -0.4 is 5.32 Å². The molecule has 1 aromatic heterocycles. The average Bonchev–Trinajstić information content (AvgIpc) is 2.57. The normalized spacial score (nSPS) is 14.2. The van der Waals surface area contributed by atoms with E-state index in [0.717, 1.165) is 10.2 Å². The second kappa shape index (κ2) is 4.89. The number of anilines is 1. The lowest BCUT2D eigenvalue weighted by Crippen LogP contribution is -2.15. The molecular formula is C13H9BrN4O. The molecule has 0 aliphatic carbocycles. The molecule has 0 radical (unpaired) electrons. The fraction of sp³-hybridized carbons (Fsp3) is 0.0769. The van der Waals surface area contributed by atoms with Gasteiger partial charge in [-0.15, -0.1) is 0 Å². The molecule has 5 nitrogen and oxygen atoms in total. The fourth-order valence-corrected chi connectivity index (χ4v) is 2.19. The minimum Gasteiger partial charge on any atom is -0.324 e. The molecule has 0 saturated heterocycles. The lowest BCUT2D eigenvalue weighted by Gasteiger charge is -2.04. The predicted octanol–water partition coefficient (Wildman–Crippen LogP) is 2.70. The van der Waals surface area contributed by atoms with Crippen LogP contribution in [0.3, 0.4) is 0 Å². The van der Waals surface area contributed by atoms with Gasteiger partial charge in [0.15, 0.2) is 0 Å². The molecule has 94 valence electrons. The first-order chi connectivity index (χ1) is 9.22. The lowest BCUT2D eigenvalue weighted by molar-refractivity contribution is -0.115. The van der Waals surface area contributed by atoms with E-state index in [1.165, 1.54) is 0 Å². The number of carbonyl (C=O) groups is 1. The Bertz CT molecular complexity index is 670.